The van der Waals surface area contributed by atoms with Gasteiger partial charge in [-0.15, -0.1) is 0 Å². The molecule has 20 heavy (non-hydrogen) atoms. The summed E-state index contributed by atoms with van der Waals surface area (Å²) in [5.74, 6) is -0.658. The summed E-state index contributed by atoms with van der Waals surface area (Å²) in [5.41, 5.74) is 0. The summed E-state index contributed by atoms with van der Waals surface area (Å²) >= 11 is 0. The van der Waals surface area contributed by atoms with Crippen molar-refractivity contribution in [1.82, 2.24) is 15.0 Å². The molecule has 1 saturated heterocycles. The monoisotopic (exact) mass is 280 g/mol. The van der Waals surface area contributed by atoms with E-state index in [1.807, 2.05) is 0 Å². The topological polar surface area (TPSA) is 95.8 Å². The maximum Gasteiger partial charge on any atom is 0.315 e. The molecular formula is C12H16N4O4. The van der Waals surface area contributed by atoms with Crippen LogP contribution < -0.4 is 5.32 Å². The second-order valence-corrected chi connectivity index (χ2v) is 4.58. The largest absolute Gasteiger partial charge is 0.360 e. The Morgan fingerprint density at radius 2 is 1.80 bits per heavy atom. The first-order valence-electron chi connectivity index (χ1n) is 6.26. The van der Waals surface area contributed by atoms with Gasteiger partial charge in [0.2, 0.25) is 5.91 Å². The lowest BCUT2D eigenvalue weighted by atomic mass is 10.3. The average molecular weight is 280 g/mol. The Bertz CT molecular complexity index is 531. The number of hydrogen-bond acceptors (Lipinski definition) is 5. The summed E-state index contributed by atoms with van der Waals surface area (Å²) in [6.07, 6.45) is 0. The number of carbonyl (C=O) groups excluding carboxylic acids is 3. The molecule has 0 spiro atoms. The second kappa shape index (κ2) is 5.72. The van der Waals surface area contributed by atoms with Crippen LogP contribution in [0.15, 0.2) is 10.6 Å². The minimum atomic E-state index is -0.755. The molecule has 1 aromatic rings. The van der Waals surface area contributed by atoms with E-state index >= 15 is 0 Å². The van der Waals surface area contributed by atoms with E-state index in [0.717, 1.165) is 0 Å². The molecule has 1 aliphatic heterocycles. The molecule has 0 aliphatic carbocycles. The van der Waals surface area contributed by atoms with Gasteiger partial charge in [0.15, 0.2) is 5.82 Å². The maximum atomic E-state index is 11.9. The molecule has 8 heteroatoms. The summed E-state index contributed by atoms with van der Waals surface area (Å²) in [6.45, 7) is 4.75. The molecule has 3 amide bonds. The van der Waals surface area contributed by atoms with E-state index in [-0.39, 0.29) is 11.7 Å². The quantitative estimate of drug-likeness (QED) is 0.707. The molecule has 2 heterocycles. The lowest BCUT2D eigenvalue weighted by molar-refractivity contribution is -0.145. The van der Waals surface area contributed by atoms with Crippen LogP contribution in [0.3, 0.4) is 0 Å². The van der Waals surface area contributed by atoms with Crippen molar-refractivity contribution >= 4 is 23.5 Å². The van der Waals surface area contributed by atoms with Gasteiger partial charge in [0.05, 0.1) is 0 Å². The maximum absolute atomic E-state index is 11.9. The summed E-state index contributed by atoms with van der Waals surface area (Å²) in [5, 5.41) is 5.97. The van der Waals surface area contributed by atoms with E-state index in [0.29, 0.717) is 31.9 Å². The number of carbonyl (C=O) groups is 3. The number of nitrogens with zero attached hydrogens (tertiary/aromatic N) is 3. The first-order chi connectivity index (χ1) is 9.47. The number of anilines is 1. The van der Waals surface area contributed by atoms with E-state index in [4.69, 9.17) is 4.52 Å². The third kappa shape index (κ3) is 3.14. The summed E-state index contributed by atoms with van der Waals surface area (Å²) in [4.78, 5) is 37.9. The van der Waals surface area contributed by atoms with E-state index in [1.54, 1.807) is 11.8 Å². The number of aryl methyl sites for hydroxylation is 1. The molecule has 1 N–H and O–H groups in total. The molecule has 8 nitrogen and oxygen atoms in total. The van der Waals surface area contributed by atoms with Gasteiger partial charge < -0.3 is 14.3 Å². The van der Waals surface area contributed by atoms with Gasteiger partial charge in [-0.1, -0.05) is 5.16 Å². The fraction of sp³-hybridized carbons (Fsp3) is 0.500. The number of amides is 3. The van der Waals surface area contributed by atoms with E-state index in [2.05, 4.69) is 10.5 Å². The fourth-order valence-corrected chi connectivity index (χ4v) is 1.96. The van der Waals surface area contributed by atoms with Gasteiger partial charge in [-0.05, 0) is 6.92 Å². The van der Waals surface area contributed by atoms with Crippen LogP contribution in [0, 0.1) is 6.92 Å². The van der Waals surface area contributed by atoms with E-state index < -0.39 is 11.8 Å². The zero-order valence-electron chi connectivity index (χ0n) is 11.4. The summed E-state index contributed by atoms with van der Waals surface area (Å²) < 4.78 is 4.80. The van der Waals surface area contributed by atoms with Crippen LogP contribution in [0.5, 0.6) is 0 Å². The van der Waals surface area contributed by atoms with Crippen molar-refractivity contribution in [3.8, 4) is 0 Å². The predicted molar refractivity (Wildman–Crippen MR) is 68.7 cm³/mol. The van der Waals surface area contributed by atoms with Gasteiger partial charge in [0.25, 0.3) is 0 Å². The smallest absolute Gasteiger partial charge is 0.315 e. The zero-order chi connectivity index (χ0) is 14.7. The molecule has 0 bridgehead atoms. The number of aromatic nitrogens is 1. The minimum absolute atomic E-state index is 0.0281. The van der Waals surface area contributed by atoms with Gasteiger partial charge in [0.1, 0.15) is 5.76 Å². The Hall–Kier alpha value is -2.38. The van der Waals surface area contributed by atoms with Crippen LogP contribution in [-0.4, -0.2) is 58.9 Å². The highest BCUT2D eigenvalue weighted by atomic mass is 16.5. The Balaban J connectivity index is 1.88. The van der Waals surface area contributed by atoms with Crippen molar-refractivity contribution in [1.29, 1.82) is 0 Å². The van der Waals surface area contributed by atoms with Gasteiger partial charge in [-0.3, -0.25) is 19.7 Å². The van der Waals surface area contributed by atoms with E-state index in [1.165, 1.54) is 17.9 Å². The molecule has 0 unspecified atom stereocenters. The van der Waals surface area contributed by atoms with E-state index in [9.17, 15) is 14.4 Å². The second-order valence-electron chi connectivity index (χ2n) is 4.58. The lowest BCUT2D eigenvalue weighted by Gasteiger charge is -2.33. The Morgan fingerprint density at radius 1 is 1.20 bits per heavy atom. The van der Waals surface area contributed by atoms with Crippen molar-refractivity contribution in [2.24, 2.45) is 0 Å². The molecule has 0 radical (unpaired) electrons. The van der Waals surface area contributed by atoms with Crippen molar-refractivity contribution in [2.45, 2.75) is 13.8 Å². The van der Waals surface area contributed by atoms with Gasteiger partial charge >= 0.3 is 11.8 Å². The number of nitrogens with one attached hydrogen (secondary N) is 1. The van der Waals surface area contributed by atoms with Crippen molar-refractivity contribution in [2.75, 3.05) is 31.5 Å². The number of rotatable bonds is 1. The normalized spacial score (nSPS) is 15.1. The molecule has 1 aliphatic rings. The first kappa shape index (κ1) is 14.0. The SMILES string of the molecule is CC(=O)N1CCN(C(=O)C(=O)Nc2cc(C)on2)CC1. The zero-order valence-corrected chi connectivity index (χ0v) is 11.4. The van der Waals surface area contributed by atoms with Crippen LogP contribution >= 0.6 is 0 Å². The third-order valence-electron chi connectivity index (χ3n) is 3.08. The van der Waals surface area contributed by atoms with Gasteiger partial charge in [0, 0.05) is 39.2 Å². The van der Waals surface area contributed by atoms with Crippen molar-refractivity contribution in [3.05, 3.63) is 11.8 Å². The van der Waals surface area contributed by atoms with Crippen LogP contribution in [0.1, 0.15) is 12.7 Å². The van der Waals surface area contributed by atoms with Crippen LogP contribution in [0.25, 0.3) is 0 Å². The van der Waals surface area contributed by atoms with Crippen LogP contribution in [0.4, 0.5) is 5.82 Å². The summed E-state index contributed by atoms with van der Waals surface area (Å²) in [6, 6.07) is 1.53. The lowest BCUT2D eigenvalue weighted by Crippen LogP contribution is -2.52. The highest BCUT2D eigenvalue weighted by Gasteiger charge is 2.27. The minimum Gasteiger partial charge on any atom is -0.360 e. The van der Waals surface area contributed by atoms with Crippen LogP contribution in [0.2, 0.25) is 0 Å². The molecule has 1 fully saturated rings. The molecule has 0 saturated carbocycles. The highest BCUT2D eigenvalue weighted by molar-refractivity contribution is 6.39. The molecular weight excluding hydrogens is 264 g/mol. The Morgan fingerprint density at radius 3 is 2.30 bits per heavy atom. The van der Waals surface area contributed by atoms with Crippen molar-refractivity contribution in [3.63, 3.8) is 0 Å². The van der Waals surface area contributed by atoms with Crippen LogP contribution in [-0.2, 0) is 14.4 Å². The number of piperazine rings is 1. The first-order valence-corrected chi connectivity index (χ1v) is 6.26. The molecule has 1 aromatic heterocycles. The predicted octanol–water partition coefficient (Wildman–Crippen LogP) is -0.388. The van der Waals surface area contributed by atoms with Crippen molar-refractivity contribution < 1.29 is 18.9 Å². The third-order valence-corrected chi connectivity index (χ3v) is 3.08. The molecule has 0 atom stereocenters. The average Bonchev–Trinajstić information content (AvgIpc) is 2.83. The Labute approximate surface area is 115 Å². The fourth-order valence-electron chi connectivity index (χ4n) is 1.96. The number of hydrogen-bond donors (Lipinski definition) is 1. The highest BCUT2D eigenvalue weighted by Crippen LogP contribution is 2.08. The molecule has 2 rings (SSSR count). The molecule has 108 valence electrons. The van der Waals surface area contributed by atoms with Gasteiger partial charge in [-0.25, -0.2) is 0 Å². The van der Waals surface area contributed by atoms with Gasteiger partial charge in [-0.2, -0.15) is 0 Å². The standard InChI is InChI=1S/C12H16N4O4/c1-8-7-10(14-20-8)13-11(18)12(19)16-5-3-15(4-6-16)9(2)17/h7H,3-6H2,1-2H3,(H,13,14,18). The molecule has 0 aromatic carbocycles. The summed E-state index contributed by atoms with van der Waals surface area (Å²) in [7, 11) is 0. The Kier molecular flexibility index (Phi) is 4.02.